The summed E-state index contributed by atoms with van der Waals surface area (Å²) in [6, 6.07) is 4.37. The number of rotatable bonds is 4. The van der Waals surface area contributed by atoms with Crippen LogP contribution in [0.15, 0.2) is 16.7 Å². The van der Waals surface area contributed by atoms with Gasteiger partial charge < -0.3 is 14.6 Å². The second kappa shape index (κ2) is 5.04. The van der Waals surface area contributed by atoms with E-state index in [1.807, 2.05) is 12.1 Å². The molecular weight excluding hydrogens is 338 g/mol. The monoisotopic (exact) mass is 359 g/mol. The van der Waals surface area contributed by atoms with Crippen LogP contribution >= 0.6 is 11.6 Å². The van der Waals surface area contributed by atoms with Crippen LogP contribution in [-0.4, -0.2) is 40.8 Å². The maximum absolute atomic E-state index is 6.34. The van der Waals surface area contributed by atoms with Crippen LogP contribution in [0.2, 0.25) is 5.02 Å². The minimum absolute atomic E-state index is 0.279. The van der Waals surface area contributed by atoms with Gasteiger partial charge in [0.25, 0.3) is 0 Å². The molecular formula is C19H22ClN3O2. The molecule has 5 nitrogen and oxygen atoms in total. The van der Waals surface area contributed by atoms with Gasteiger partial charge in [0.1, 0.15) is 0 Å². The molecule has 0 amide bonds. The minimum Gasteiger partial charge on any atom is -0.485 e. The van der Waals surface area contributed by atoms with Crippen LogP contribution in [0.4, 0.5) is 5.82 Å². The zero-order valence-electron chi connectivity index (χ0n) is 14.1. The van der Waals surface area contributed by atoms with Crippen LogP contribution < -0.4 is 10.1 Å². The Morgan fingerprint density at radius 3 is 2.72 bits per heavy atom. The summed E-state index contributed by atoms with van der Waals surface area (Å²) in [4.78, 5) is 2.70. The second-order valence-electron chi connectivity index (χ2n) is 8.15. The number of anilines is 1. The number of nitrogens with one attached hydrogen (secondary N) is 1. The first-order valence-electron chi connectivity index (χ1n) is 9.51. The van der Waals surface area contributed by atoms with Crippen molar-refractivity contribution in [3.8, 4) is 5.75 Å². The van der Waals surface area contributed by atoms with E-state index in [4.69, 9.17) is 20.9 Å². The number of hydrogen-bond donors (Lipinski definition) is 1. The van der Waals surface area contributed by atoms with Gasteiger partial charge in [0.2, 0.25) is 5.58 Å². The van der Waals surface area contributed by atoms with E-state index < -0.39 is 0 Å². The van der Waals surface area contributed by atoms with Gasteiger partial charge in [0.15, 0.2) is 11.6 Å². The third-order valence-corrected chi connectivity index (χ3v) is 6.93. The van der Waals surface area contributed by atoms with Crippen LogP contribution in [0.5, 0.6) is 5.75 Å². The Labute approximate surface area is 151 Å². The lowest BCUT2D eigenvalue weighted by Crippen LogP contribution is -2.62. The third-order valence-electron chi connectivity index (χ3n) is 6.63. The summed E-state index contributed by atoms with van der Waals surface area (Å²) in [6.45, 7) is 2.52. The highest BCUT2D eigenvalue weighted by Crippen LogP contribution is 2.55. The third kappa shape index (κ3) is 2.15. The average molecular weight is 360 g/mol. The minimum atomic E-state index is 0.279. The van der Waals surface area contributed by atoms with Gasteiger partial charge in [-0.05, 0) is 69.7 Å². The topological polar surface area (TPSA) is 50.5 Å². The van der Waals surface area contributed by atoms with Crippen molar-refractivity contribution in [1.82, 2.24) is 10.1 Å². The molecule has 6 heteroatoms. The molecule has 1 spiro atoms. The van der Waals surface area contributed by atoms with E-state index in [1.54, 1.807) is 0 Å². The van der Waals surface area contributed by atoms with Gasteiger partial charge in [-0.15, -0.1) is 0 Å². The maximum Gasteiger partial charge on any atom is 0.212 e. The number of fused-ring (bicyclic) bond motifs is 3. The van der Waals surface area contributed by atoms with Crippen LogP contribution in [0, 0.1) is 5.92 Å². The molecule has 0 unspecified atom stereocenters. The molecule has 0 radical (unpaired) electrons. The van der Waals surface area contributed by atoms with Crippen LogP contribution in [0.25, 0.3) is 11.0 Å². The molecule has 3 aliphatic heterocycles. The molecule has 7 rings (SSSR count). The van der Waals surface area contributed by atoms with Crippen LogP contribution in [-0.2, 0) is 0 Å². The van der Waals surface area contributed by atoms with Crippen LogP contribution in [0.1, 0.15) is 38.5 Å². The number of nitrogens with zero attached hydrogens (tertiary/aromatic N) is 2. The van der Waals surface area contributed by atoms with E-state index in [0.717, 1.165) is 30.0 Å². The second-order valence-corrected chi connectivity index (χ2v) is 8.56. The number of halogens is 1. The zero-order valence-corrected chi connectivity index (χ0v) is 14.9. The van der Waals surface area contributed by atoms with Gasteiger partial charge in [-0.25, -0.2) is 0 Å². The van der Waals surface area contributed by atoms with Gasteiger partial charge >= 0.3 is 0 Å². The fraction of sp³-hybridized carbons (Fsp3) is 0.632. The summed E-state index contributed by atoms with van der Waals surface area (Å²) in [7, 11) is 0. The van der Waals surface area contributed by atoms with Crippen molar-refractivity contribution in [2.75, 3.05) is 18.4 Å². The van der Waals surface area contributed by atoms with Crippen molar-refractivity contribution in [3.63, 3.8) is 0 Å². The predicted molar refractivity (Wildman–Crippen MR) is 96.3 cm³/mol. The Bertz CT molecular complexity index is 835. The molecule has 2 saturated carbocycles. The lowest BCUT2D eigenvalue weighted by molar-refractivity contribution is 0.0202. The smallest absolute Gasteiger partial charge is 0.212 e. The van der Waals surface area contributed by atoms with Crippen LogP contribution in [0.3, 0.4) is 0 Å². The van der Waals surface area contributed by atoms with E-state index in [9.17, 15) is 0 Å². The highest BCUT2D eigenvalue weighted by atomic mass is 35.5. The van der Waals surface area contributed by atoms with Gasteiger partial charge in [-0.1, -0.05) is 16.8 Å². The molecule has 1 atom stereocenters. The Hall–Kier alpha value is -1.46. The first kappa shape index (κ1) is 14.7. The summed E-state index contributed by atoms with van der Waals surface area (Å²) in [6.07, 6.45) is 7.65. The molecule has 1 aromatic carbocycles. The SMILES string of the molecule is Clc1ccc2c(N[C@@H]3C4CCN(CC4)C34CC4)noc2c1OC1CC1. The highest BCUT2D eigenvalue weighted by molar-refractivity contribution is 6.33. The largest absolute Gasteiger partial charge is 0.485 e. The molecule has 2 aromatic rings. The van der Waals surface area contributed by atoms with Crippen molar-refractivity contribution >= 4 is 28.4 Å². The van der Waals surface area contributed by atoms with Crippen molar-refractivity contribution in [2.24, 2.45) is 5.92 Å². The Morgan fingerprint density at radius 2 is 2.00 bits per heavy atom. The Morgan fingerprint density at radius 1 is 1.20 bits per heavy atom. The van der Waals surface area contributed by atoms with E-state index in [2.05, 4.69) is 15.4 Å². The molecule has 25 heavy (non-hydrogen) atoms. The number of hydrogen-bond acceptors (Lipinski definition) is 5. The number of ether oxygens (including phenoxy) is 1. The van der Waals surface area contributed by atoms with Gasteiger partial charge in [-0.3, -0.25) is 4.90 Å². The zero-order chi connectivity index (χ0) is 16.6. The number of aromatic nitrogens is 1. The van der Waals surface area contributed by atoms with Gasteiger partial charge in [0.05, 0.1) is 16.5 Å². The average Bonchev–Trinajstić information content (AvgIpc) is 3.55. The summed E-state index contributed by atoms with van der Waals surface area (Å²) < 4.78 is 11.6. The summed E-state index contributed by atoms with van der Waals surface area (Å²) in [5.74, 6) is 2.24. The molecule has 5 aliphatic rings. The molecule has 3 saturated heterocycles. The molecule has 5 fully saturated rings. The van der Waals surface area contributed by atoms with E-state index in [-0.39, 0.29) is 6.10 Å². The maximum atomic E-state index is 6.34. The predicted octanol–water partition coefficient (Wildman–Crippen LogP) is 4.06. The summed E-state index contributed by atoms with van der Waals surface area (Å²) in [5, 5.41) is 9.69. The number of piperidine rings is 3. The van der Waals surface area contributed by atoms with E-state index >= 15 is 0 Å². The van der Waals surface area contributed by atoms with Gasteiger partial charge in [-0.2, -0.15) is 0 Å². The van der Waals surface area contributed by atoms with E-state index in [1.165, 1.54) is 38.8 Å². The Kier molecular flexibility index (Phi) is 2.96. The molecule has 1 aromatic heterocycles. The number of benzene rings is 1. The molecule has 1 N–H and O–H groups in total. The first-order valence-corrected chi connectivity index (χ1v) is 9.88. The van der Waals surface area contributed by atoms with Crippen molar-refractivity contribution in [3.05, 3.63) is 17.2 Å². The molecule has 4 heterocycles. The van der Waals surface area contributed by atoms with Crippen molar-refractivity contribution in [2.45, 2.75) is 56.2 Å². The van der Waals surface area contributed by atoms with Gasteiger partial charge in [0, 0.05) is 11.6 Å². The molecule has 2 bridgehead atoms. The summed E-state index contributed by atoms with van der Waals surface area (Å²) >= 11 is 6.34. The standard InChI is InChI=1S/C19H22ClN3O2/c20-14-4-3-13-15(16(14)24-12-1-2-12)25-22-18(13)21-17-11-5-9-23(10-6-11)19(17)7-8-19/h3-4,11-12,17H,1-2,5-10H2,(H,21,22)/t17-/m1/s1. The fourth-order valence-corrected chi connectivity index (χ4v) is 5.18. The van der Waals surface area contributed by atoms with E-state index in [0.29, 0.717) is 27.9 Å². The van der Waals surface area contributed by atoms with Crippen molar-refractivity contribution < 1.29 is 9.26 Å². The van der Waals surface area contributed by atoms with Crippen molar-refractivity contribution in [1.29, 1.82) is 0 Å². The molecule has 2 aliphatic carbocycles. The quantitative estimate of drug-likeness (QED) is 0.892. The normalized spacial score (nSPS) is 32.3. The fourth-order valence-electron chi connectivity index (χ4n) is 4.99. The summed E-state index contributed by atoms with van der Waals surface area (Å²) in [5.41, 5.74) is 1.04. The first-order chi connectivity index (χ1) is 12.2. The lowest BCUT2D eigenvalue weighted by atomic mass is 9.77. The molecule has 132 valence electrons. The lowest BCUT2D eigenvalue weighted by Gasteiger charge is -2.52. The highest BCUT2D eigenvalue weighted by Gasteiger charge is 2.60. The Balaban J connectivity index is 1.36.